The molecule has 3 rings (SSSR count). The first kappa shape index (κ1) is 18.4. The maximum Gasteiger partial charge on any atom is 0.261 e. The first-order valence-corrected chi connectivity index (χ1v) is 9.68. The van der Waals surface area contributed by atoms with Crippen LogP contribution < -0.4 is 10.6 Å². The van der Waals surface area contributed by atoms with E-state index < -0.39 is 0 Å². The van der Waals surface area contributed by atoms with Gasteiger partial charge in [0, 0.05) is 22.3 Å². The molecular formula is C20H17BrN2O2S. The number of benzene rings is 2. The summed E-state index contributed by atoms with van der Waals surface area (Å²) in [7, 11) is 0. The molecule has 2 amide bonds. The Labute approximate surface area is 164 Å². The van der Waals surface area contributed by atoms with Gasteiger partial charge in [-0.25, -0.2) is 0 Å². The Hall–Kier alpha value is -2.44. The van der Waals surface area contributed by atoms with Gasteiger partial charge in [0.2, 0.25) is 0 Å². The molecule has 2 N–H and O–H groups in total. The number of carbonyl (C=O) groups is 2. The van der Waals surface area contributed by atoms with Crippen LogP contribution in [0.4, 0.5) is 5.69 Å². The summed E-state index contributed by atoms with van der Waals surface area (Å²) in [6.45, 7) is 2.37. The van der Waals surface area contributed by atoms with E-state index in [-0.39, 0.29) is 11.8 Å². The summed E-state index contributed by atoms with van der Waals surface area (Å²) in [6.07, 6.45) is 0. The van der Waals surface area contributed by atoms with Crippen LogP contribution in [0.3, 0.4) is 0 Å². The molecule has 26 heavy (non-hydrogen) atoms. The number of halogens is 1. The third-order valence-corrected chi connectivity index (χ3v) is 5.22. The van der Waals surface area contributed by atoms with Crippen molar-refractivity contribution >= 4 is 44.8 Å². The lowest BCUT2D eigenvalue weighted by Gasteiger charge is -2.10. The van der Waals surface area contributed by atoms with E-state index in [0.717, 1.165) is 21.3 Å². The van der Waals surface area contributed by atoms with Crippen LogP contribution in [0.5, 0.6) is 0 Å². The standard InChI is InChI=1S/C20H17BrN2O2S/c1-13-4-9-16(21)11-17(13)23-19(24)15-7-5-14(6-8-15)12-22-20(25)18-3-2-10-26-18/h2-11H,12H2,1H3,(H,22,25)(H,23,24). The van der Waals surface area contributed by atoms with Gasteiger partial charge >= 0.3 is 0 Å². The molecular weight excluding hydrogens is 412 g/mol. The van der Waals surface area contributed by atoms with Gasteiger partial charge in [0.25, 0.3) is 11.8 Å². The molecule has 1 heterocycles. The van der Waals surface area contributed by atoms with E-state index in [9.17, 15) is 9.59 Å². The Morgan fingerprint density at radius 3 is 2.50 bits per heavy atom. The van der Waals surface area contributed by atoms with Crippen molar-refractivity contribution in [2.75, 3.05) is 5.32 Å². The second kappa shape index (κ2) is 8.29. The van der Waals surface area contributed by atoms with Crippen molar-refractivity contribution in [2.24, 2.45) is 0 Å². The van der Waals surface area contributed by atoms with Crippen LogP contribution in [0.1, 0.15) is 31.2 Å². The van der Waals surface area contributed by atoms with Gasteiger partial charge in [-0.2, -0.15) is 0 Å². The Balaban J connectivity index is 1.61. The minimum absolute atomic E-state index is 0.0908. The fourth-order valence-corrected chi connectivity index (χ4v) is 3.38. The second-order valence-corrected chi connectivity index (χ2v) is 7.63. The Bertz CT molecular complexity index is 921. The molecule has 132 valence electrons. The van der Waals surface area contributed by atoms with E-state index in [1.807, 2.05) is 48.7 Å². The molecule has 0 saturated heterocycles. The van der Waals surface area contributed by atoms with Gasteiger partial charge in [0.15, 0.2) is 0 Å². The van der Waals surface area contributed by atoms with Crippen LogP contribution in [0, 0.1) is 6.92 Å². The molecule has 0 aliphatic carbocycles. The van der Waals surface area contributed by atoms with Crippen LogP contribution in [-0.2, 0) is 6.54 Å². The van der Waals surface area contributed by atoms with Crippen LogP contribution >= 0.6 is 27.3 Å². The summed E-state index contributed by atoms with van der Waals surface area (Å²) in [5.41, 5.74) is 3.27. The van der Waals surface area contributed by atoms with Crippen molar-refractivity contribution in [2.45, 2.75) is 13.5 Å². The zero-order valence-corrected chi connectivity index (χ0v) is 16.5. The summed E-state index contributed by atoms with van der Waals surface area (Å²) >= 11 is 4.82. The molecule has 4 nitrogen and oxygen atoms in total. The topological polar surface area (TPSA) is 58.2 Å². The predicted molar refractivity (Wildman–Crippen MR) is 109 cm³/mol. The molecule has 0 fully saturated rings. The Kier molecular flexibility index (Phi) is 5.85. The summed E-state index contributed by atoms with van der Waals surface area (Å²) in [4.78, 5) is 25.0. The van der Waals surface area contributed by atoms with Crippen LogP contribution in [0.25, 0.3) is 0 Å². The highest BCUT2D eigenvalue weighted by atomic mass is 79.9. The van der Waals surface area contributed by atoms with Gasteiger partial charge < -0.3 is 10.6 Å². The third kappa shape index (κ3) is 4.59. The molecule has 1 aromatic heterocycles. The number of hydrogen-bond donors (Lipinski definition) is 2. The number of rotatable bonds is 5. The van der Waals surface area contributed by atoms with Gasteiger partial charge in [-0.15, -0.1) is 11.3 Å². The molecule has 6 heteroatoms. The Morgan fingerprint density at radius 2 is 1.81 bits per heavy atom. The monoisotopic (exact) mass is 428 g/mol. The minimum atomic E-state index is -0.166. The van der Waals surface area contributed by atoms with Crippen molar-refractivity contribution in [3.05, 3.63) is 86.0 Å². The number of anilines is 1. The SMILES string of the molecule is Cc1ccc(Br)cc1NC(=O)c1ccc(CNC(=O)c2cccs2)cc1. The molecule has 0 bridgehead atoms. The Morgan fingerprint density at radius 1 is 1.04 bits per heavy atom. The zero-order valence-electron chi connectivity index (χ0n) is 14.1. The molecule has 0 spiro atoms. The van der Waals surface area contributed by atoms with Crippen LogP contribution in [0.2, 0.25) is 0 Å². The number of carbonyl (C=O) groups excluding carboxylic acids is 2. The first-order valence-electron chi connectivity index (χ1n) is 8.01. The fraction of sp³-hybridized carbons (Fsp3) is 0.100. The maximum absolute atomic E-state index is 12.4. The highest BCUT2D eigenvalue weighted by Gasteiger charge is 2.09. The molecule has 0 aliphatic heterocycles. The molecule has 0 aliphatic rings. The number of nitrogens with one attached hydrogen (secondary N) is 2. The number of aryl methyl sites for hydroxylation is 1. The van der Waals surface area contributed by atoms with Gasteiger partial charge in [-0.3, -0.25) is 9.59 Å². The van der Waals surface area contributed by atoms with Crippen molar-refractivity contribution in [3.63, 3.8) is 0 Å². The summed E-state index contributed by atoms with van der Waals surface area (Å²) < 4.78 is 0.912. The predicted octanol–water partition coefficient (Wildman–Crippen LogP) is 5.00. The summed E-state index contributed by atoms with van der Waals surface area (Å²) in [5, 5.41) is 7.66. The summed E-state index contributed by atoms with van der Waals surface area (Å²) in [5.74, 6) is -0.257. The van der Waals surface area contributed by atoms with Gasteiger partial charge in [-0.1, -0.05) is 40.2 Å². The molecule has 0 unspecified atom stereocenters. The van der Waals surface area contributed by atoms with E-state index in [0.29, 0.717) is 17.0 Å². The average Bonchev–Trinajstić information content (AvgIpc) is 3.18. The molecule has 0 saturated carbocycles. The highest BCUT2D eigenvalue weighted by molar-refractivity contribution is 9.10. The van der Waals surface area contributed by atoms with Gasteiger partial charge in [0.1, 0.15) is 0 Å². The lowest BCUT2D eigenvalue weighted by molar-refractivity contribution is 0.0953. The molecule has 0 radical (unpaired) electrons. The lowest BCUT2D eigenvalue weighted by Crippen LogP contribution is -2.21. The van der Waals surface area contributed by atoms with E-state index >= 15 is 0 Å². The van der Waals surface area contributed by atoms with E-state index in [4.69, 9.17) is 0 Å². The highest BCUT2D eigenvalue weighted by Crippen LogP contribution is 2.21. The van der Waals surface area contributed by atoms with Crippen molar-refractivity contribution in [1.29, 1.82) is 0 Å². The maximum atomic E-state index is 12.4. The summed E-state index contributed by atoms with van der Waals surface area (Å²) in [6, 6.07) is 16.6. The van der Waals surface area contributed by atoms with Crippen molar-refractivity contribution < 1.29 is 9.59 Å². The molecule has 3 aromatic rings. The molecule has 0 atom stereocenters. The van der Waals surface area contributed by atoms with E-state index in [2.05, 4.69) is 26.6 Å². The zero-order chi connectivity index (χ0) is 18.5. The van der Waals surface area contributed by atoms with Gasteiger partial charge in [-0.05, 0) is 53.8 Å². The minimum Gasteiger partial charge on any atom is -0.347 e. The lowest BCUT2D eigenvalue weighted by atomic mass is 10.1. The normalized spacial score (nSPS) is 10.4. The third-order valence-electron chi connectivity index (χ3n) is 3.86. The number of hydrogen-bond acceptors (Lipinski definition) is 3. The largest absolute Gasteiger partial charge is 0.347 e. The van der Waals surface area contributed by atoms with E-state index in [1.165, 1.54) is 11.3 Å². The van der Waals surface area contributed by atoms with Crippen molar-refractivity contribution in [3.8, 4) is 0 Å². The smallest absolute Gasteiger partial charge is 0.261 e. The average molecular weight is 429 g/mol. The number of thiophene rings is 1. The van der Waals surface area contributed by atoms with E-state index in [1.54, 1.807) is 18.2 Å². The number of amides is 2. The second-order valence-electron chi connectivity index (χ2n) is 5.77. The van der Waals surface area contributed by atoms with Crippen LogP contribution in [-0.4, -0.2) is 11.8 Å². The van der Waals surface area contributed by atoms with Crippen LogP contribution in [0.15, 0.2) is 64.5 Å². The van der Waals surface area contributed by atoms with Gasteiger partial charge in [0.05, 0.1) is 4.88 Å². The van der Waals surface area contributed by atoms with Crippen molar-refractivity contribution in [1.82, 2.24) is 5.32 Å². The quantitative estimate of drug-likeness (QED) is 0.600. The molecule has 2 aromatic carbocycles. The first-order chi connectivity index (χ1) is 12.5. The fourth-order valence-electron chi connectivity index (χ4n) is 2.37.